The summed E-state index contributed by atoms with van der Waals surface area (Å²) in [6, 6.07) is 15.1. The molecule has 0 aliphatic rings. The molecular weight excluding hydrogens is 435 g/mol. The summed E-state index contributed by atoms with van der Waals surface area (Å²) in [4.78, 5) is 32.1. The Bertz CT molecular complexity index is 1700. The number of aromatic carboxylic acids is 1. The van der Waals surface area contributed by atoms with E-state index in [1.165, 1.54) is 12.3 Å². The van der Waals surface area contributed by atoms with Crippen LogP contribution in [0.3, 0.4) is 0 Å². The minimum Gasteiger partial charge on any atom is -0.543 e. The van der Waals surface area contributed by atoms with Crippen LogP contribution >= 0.6 is 0 Å². The van der Waals surface area contributed by atoms with Crippen molar-refractivity contribution in [1.82, 2.24) is 19.1 Å². The topological polar surface area (TPSA) is 92.8 Å². The number of hydrogen-bond acceptors (Lipinski definition) is 5. The van der Waals surface area contributed by atoms with Crippen LogP contribution in [0.1, 0.15) is 23.0 Å². The Morgan fingerprint density at radius 3 is 2.40 bits per heavy atom. The van der Waals surface area contributed by atoms with E-state index >= 15 is 0 Å². The van der Waals surface area contributed by atoms with Gasteiger partial charge >= 0.3 is 24.6 Å². The Balaban J connectivity index is 0.00000289. The van der Waals surface area contributed by atoms with E-state index in [1.807, 2.05) is 37.3 Å². The van der Waals surface area contributed by atoms with E-state index in [2.05, 4.69) is 22.6 Å². The van der Waals surface area contributed by atoms with Gasteiger partial charge < -0.3 is 9.90 Å². The van der Waals surface area contributed by atoms with Crippen molar-refractivity contribution >= 4 is 33.3 Å². The number of carbonyl (C=O) groups excluding carboxylic acids is 1. The molecule has 8 heteroatoms. The average molecular weight is 456 g/mol. The van der Waals surface area contributed by atoms with Crippen molar-refractivity contribution in [3.8, 4) is 22.4 Å². The quantitative estimate of drug-likeness (QED) is 0.369. The summed E-state index contributed by atoms with van der Waals surface area (Å²) in [5.74, 6) is -1.32. The van der Waals surface area contributed by atoms with Crippen LogP contribution in [-0.4, -0.2) is 25.1 Å². The third kappa shape index (κ3) is 3.99. The molecule has 5 aromatic rings. The minimum atomic E-state index is -1.32. The number of carboxylic acids is 1. The Hall–Kier alpha value is -3.92. The zero-order valence-corrected chi connectivity index (χ0v) is 20.0. The summed E-state index contributed by atoms with van der Waals surface area (Å²) in [5.41, 5.74) is 6.64. The van der Waals surface area contributed by atoms with Gasteiger partial charge in [-0.3, -0.25) is 19.1 Å². The first kappa shape index (κ1) is 24.2. The molecule has 0 aliphatic heterocycles. The molecule has 0 fully saturated rings. The molecule has 0 N–H and O–H groups in total. The monoisotopic (exact) mass is 456 g/mol. The number of aryl methyl sites for hydroxylation is 2. The van der Waals surface area contributed by atoms with E-state index in [-0.39, 0.29) is 30.2 Å². The van der Waals surface area contributed by atoms with Gasteiger partial charge in [-0.1, -0.05) is 24.8 Å². The molecule has 0 bridgehead atoms. The van der Waals surface area contributed by atoms with E-state index in [1.54, 1.807) is 35.5 Å². The van der Waals surface area contributed by atoms with Crippen molar-refractivity contribution < 1.29 is 28.8 Å². The fraction of sp³-hybridized carbons (Fsp3) is 0.111. The van der Waals surface area contributed by atoms with Crippen molar-refractivity contribution in [3.63, 3.8) is 0 Å². The molecule has 3 heterocycles. The second-order valence-corrected chi connectivity index (χ2v) is 8.39. The van der Waals surface area contributed by atoms with Gasteiger partial charge in [-0.25, -0.2) is 4.79 Å². The van der Waals surface area contributed by atoms with Crippen molar-refractivity contribution in [3.05, 3.63) is 89.2 Å². The zero-order chi connectivity index (χ0) is 24.1. The van der Waals surface area contributed by atoms with E-state index in [4.69, 9.17) is 0 Å². The van der Waals surface area contributed by atoms with Crippen molar-refractivity contribution in [2.75, 3.05) is 0 Å². The molecule has 2 aromatic carbocycles. The number of carbonyl (C=O) groups is 1. The van der Waals surface area contributed by atoms with Gasteiger partial charge in [0, 0.05) is 43.0 Å². The zero-order valence-electron chi connectivity index (χ0n) is 20.0. The molecule has 0 atom stereocenters. The second kappa shape index (κ2) is 9.03. The van der Waals surface area contributed by atoms with Crippen LogP contribution in [0.4, 0.5) is 0 Å². The number of imidazole rings is 1. The summed E-state index contributed by atoms with van der Waals surface area (Å²) in [6.07, 6.45) is 3.29. The van der Waals surface area contributed by atoms with Gasteiger partial charge in [0.1, 0.15) is 0 Å². The molecule has 0 spiro atoms. The number of hydrogen-bond donors (Lipinski definition) is 0. The molecule has 0 saturated carbocycles. The number of rotatable bonds is 4. The average Bonchev–Trinajstić information content (AvgIpc) is 3.06. The van der Waals surface area contributed by atoms with Crippen LogP contribution < -0.4 is 29.7 Å². The molecule has 35 heavy (non-hydrogen) atoms. The minimum absolute atomic E-state index is 0. The van der Waals surface area contributed by atoms with Crippen LogP contribution in [-0.2, 0) is 14.1 Å². The fourth-order valence-corrected chi connectivity index (χ4v) is 4.38. The normalized spacial score (nSPS) is 10.9. The fourth-order valence-electron chi connectivity index (χ4n) is 4.38. The maximum Gasteiger partial charge on any atom is 1.00 e. The Kier molecular flexibility index (Phi) is 6.24. The summed E-state index contributed by atoms with van der Waals surface area (Å²) in [6.45, 7) is 6.07. The SMILES string of the molecule is C=C(C)c1cc(-c2cccc3cc(-c4ccc(C(=O)[O-])nc4)ncc23)cc2c1n(C)c(=O)n2C.[Li+]. The van der Waals surface area contributed by atoms with Gasteiger partial charge in [0.05, 0.1) is 28.4 Å². The van der Waals surface area contributed by atoms with Crippen molar-refractivity contribution in [2.45, 2.75) is 6.92 Å². The summed E-state index contributed by atoms with van der Waals surface area (Å²) < 4.78 is 3.30. The van der Waals surface area contributed by atoms with E-state index in [0.29, 0.717) is 11.3 Å². The first-order chi connectivity index (χ1) is 16.3. The van der Waals surface area contributed by atoms with Crippen molar-refractivity contribution in [2.24, 2.45) is 14.1 Å². The predicted octanol–water partition coefficient (Wildman–Crippen LogP) is 0.555. The van der Waals surface area contributed by atoms with E-state index in [9.17, 15) is 14.7 Å². The Labute approximate surface area is 213 Å². The molecular formula is C27H21LiN4O3. The molecule has 0 unspecified atom stereocenters. The largest absolute Gasteiger partial charge is 1.00 e. The van der Waals surface area contributed by atoms with Crippen LogP contribution in [0.25, 0.3) is 49.8 Å². The third-order valence-electron chi connectivity index (χ3n) is 6.16. The van der Waals surface area contributed by atoms with Gasteiger partial charge in [-0.05, 0) is 59.3 Å². The molecule has 168 valence electrons. The second-order valence-electron chi connectivity index (χ2n) is 8.39. The van der Waals surface area contributed by atoms with Crippen LogP contribution in [0.15, 0.2) is 72.3 Å². The van der Waals surface area contributed by atoms with Gasteiger partial charge in [-0.15, -0.1) is 0 Å². The summed E-state index contributed by atoms with van der Waals surface area (Å²) in [7, 11) is 3.54. The first-order valence-corrected chi connectivity index (χ1v) is 10.7. The van der Waals surface area contributed by atoms with Gasteiger partial charge in [0.15, 0.2) is 0 Å². The van der Waals surface area contributed by atoms with Crippen molar-refractivity contribution in [1.29, 1.82) is 0 Å². The number of allylic oxidation sites excluding steroid dienone is 1. The number of carboxylic acid groups (broad SMARTS) is 1. The standard InChI is InChI=1S/C27H22N4O3.Li/c1-15(2)20-10-18(12-24-25(20)31(4)27(34)30(24)3)19-7-5-6-16-11-23(29-14-21(16)19)17-8-9-22(26(32)33)28-13-17;/h5-14H,1H2,2-4H3,(H,32,33);/q;+1/p-1. The number of benzene rings is 2. The molecule has 0 radical (unpaired) electrons. The van der Waals surface area contributed by atoms with Crippen LogP contribution in [0.2, 0.25) is 0 Å². The molecule has 3 aromatic heterocycles. The van der Waals surface area contributed by atoms with Crippen LogP contribution in [0.5, 0.6) is 0 Å². The maximum absolute atomic E-state index is 12.6. The molecule has 0 saturated heterocycles. The number of fused-ring (bicyclic) bond motifs is 2. The number of nitrogens with zero attached hydrogens (tertiary/aromatic N) is 4. The number of pyridine rings is 2. The van der Waals surface area contributed by atoms with E-state index in [0.717, 1.165) is 44.1 Å². The van der Waals surface area contributed by atoms with Gasteiger partial charge in [-0.2, -0.15) is 0 Å². The smallest absolute Gasteiger partial charge is 0.543 e. The number of aromatic nitrogens is 4. The maximum atomic E-state index is 12.6. The Morgan fingerprint density at radius 1 is 0.971 bits per heavy atom. The predicted molar refractivity (Wildman–Crippen MR) is 131 cm³/mol. The van der Waals surface area contributed by atoms with E-state index < -0.39 is 5.97 Å². The van der Waals surface area contributed by atoms with Gasteiger partial charge in [0.25, 0.3) is 0 Å². The molecule has 0 amide bonds. The summed E-state index contributed by atoms with van der Waals surface area (Å²) in [5, 5.41) is 12.9. The molecule has 7 nitrogen and oxygen atoms in total. The van der Waals surface area contributed by atoms with Gasteiger partial charge in [0.2, 0.25) is 0 Å². The third-order valence-corrected chi connectivity index (χ3v) is 6.16. The first-order valence-electron chi connectivity index (χ1n) is 10.7. The molecule has 5 rings (SSSR count). The molecule has 0 aliphatic carbocycles. The summed E-state index contributed by atoms with van der Waals surface area (Å²) >= 11 is 0. The van der Waals surface area contributed by atoms with Crippen LogP contribution in [0, 0.1) is 0 Å². The Morgan fingerprint density at radius 2 is 1.74 bits per heavy atom.